The number of nitro groups is 2. The summed E-state index contributed by atoms with van der Waals surface area (Å²) in [6.45, 7) is 0.499. The molecule has 0 aliphatic heterocycles. The molecule has 68 valence electrons. The summed E-state index contributed by atoms with van der Waals surface area (Å²) in [7, 11) is 0. The van der Waals surface area contributed by atoms with Crippen molar-refractivity contribution >= 4 is 5.78 Å². The lowest BCUT2D eigenvalue weighted by atomic mass is 10.1. The van der Waals surface area contributed by atoms with Crippen LogP contribution in [0.1, 0.15) is 13.3 Å². The number of hydrogen-bond donors (Lipinski definition) is 0. The largest absolute Gasteiger partial charge is 0.292 e. The molecule has 0 amide bonds. The highest BCUT2D eigenvalue weighted by atomic mass is 16.6. The first-order chi connectivity index (χ1) is 5.45. The number of carbonyl (C=O) groups is 1. The van der Waals surface area contributed by atoms with Gasteiger partial charge in [-0.15, -0.1) is 0 Å². The number of carbonyl (C=O) groups excluding carboxylic acids is 1. The normalized spacial score (nSPS) is 12.1. The Kier molecular flexibility index (Phi) is 3.81. The highest BCUT2D eigenvalue weighted by Crippen LogP contribution is 1.98. The van der Waals surface area contributed by atoms with Crippen LogP contribution in [0.15, 0.2) is 0 Å². The van der Waals surface area contributed by atoms with Crippen molar-refractivity contribution in [2.24, 2.45) is 0 Å². The van der Waals surface area contributed by atoms with Crippen LogP contribution in [0.5, 0.6) is 0 Å². The molecule has 0 saturated heterocycles. The average Bonchev–Trinajstić information content (AvgIpc) is 1.84. The number of Topliss-reactive ketones (excluding diaryl/α,β-unsaturated/α-hetero) is 1. The van der Waals surface area contributed by atoms with Crippen LogP contribution in [-0.2, 0) is 4.79 Å². The van der Waals surface area contributed by atoms with Gasteiger partial charge in [0.05, 0.1) is 6.42 Å². The minimum Gasteiger partial charge on any atom is -0.292 e. The van der Waals surface area contributed by atoms with Crippen molar-refractivity contribution in [1.82, 2.24) is 0 Å². The maximum atomic E-state index is 10.5. The summed E-state index contributed by atoms with van der Waals surface area (Å²) in [6, 6.07) is -1.43. The molecule has 0 spiro atoms. The summed E-state index contributed by atoms with van der Waals surface area (Å²) < 4.78 is 0. The number of rotatable bonds is 5. The standard InChI is InChI=1S/C5H8N2O5/c1-4(8)5(7(11)12)2-3-6(9)10/h5H,2-3H2,1H3. The molecule has 0 aromatic heterocycles. The molecule has 0 aliphatic rings. The topological polar surface area (TPSA) is 103 Å². The van der Waals surface area contributed by atoms with Crippen LogP contribution in [0.3, 0.4) is 0 Å². The van der Waals surface area contributed by atoms with Gasteiger partial charge in [-0.25, -0.2) is 0 Å². The minimum atomic E-state index is -1.43. The maximum Gasteiger partial charge on any atom is 0.276 e. The molecule has 0 radical (unpaired) electrons. The summed E-state index contributed by atoms with van der Waals surface area (Å²) in [5.74, 6) is -0.651. The third-order valence-corrected chi connectivity index (χ3v) is 1.31. The van der Waals surface area contributed by atoms with Crippen molar-refractivity contribution in [3.05, 3.63) is 20.2 Å². The summed E-state index contributed by atoms with van der Waals surface area (Å²) in [6.07, 6.45) is -0.338. The molecule has 7 heteroatoms. The second-order valence-electron chi connectivity index (χ2n) is 2.26. The van der Waals surface area contributed by atoms with Gasteiger partial charge < -0.3 is 0 Å². The van der Waals surface area contributed by atoms with Gasteiger partial charge in [-0.3, -0.25) is 25.0 Å². The van der Waals surface area contributed by atoms with Gasteiger partial charge >= 0.3 is 0 Å². The average molecular weight is 176 g/mol. The summed E-state index contributed by atoms with van der Waals surface area (Å²) >= 11 is 0. The van der Waals surface area contributed by atoms with Crippen LogP contribution in [-0.4, -0.2) is 28.2 Å². The molecule has 0 rings (SSSR count). The Morgan fingerprint density at radius 3 is 2.17 bits per heavy atom. The molecular formula is C5H8N2O5. The van der Waals surface area contributed by atoms with Crippen molar-refractivity contribution in [3.63, 3.8) is 0 Å². The van der Waals surface area contributed by atoms with E-state index in [1.807, 2.05) is 0 Å². The van der Waals surface area contributed by atoms with E-state index in [9.17, 15) is 25.0 Å². The third-order valence-electron chi connectivity index (χ3n) is 1.31. The van der Waals surface area contributed by atoms with Gasteiger partial charge in [0.1, 0.15) is 0 Å². The van der Waals surface area contributed by atoms with Crippen molar-refractivity contribution in [3.8, 4) is 0 Å². The monoisotopic (exact) mass is 176 g/mol. The van der Waals surface area contributed by atoms with Crippen LogP contribution < -0.4 is 0 Å². The highest BCUT2D eigenvalue weighted by Gasteiger charge is 2.27. The summed E-state index contributed by atoms with van der Waals surface area (Å²) in [5, 5.41) is 19.9. The third kappa shape index (κ3) is 3.59. The summed E-state index contributed by atoms with van der Waals surface area (Å²) in [4.78, 5) is 29.0. The first kappa shape index (κ1) is 10.5. The molecule has 1 atom stereocenters. The van der Waals surface area contributed by atoms with Gasteiger partial charge in [-0.2, -0.15) is 0 Å². The molecule has 0 aromatic rings. The van der Waals surface area contributed by atoms with Gasteiger partial charge in [0.25, 0.3) is 6.04 Å². The minimum absolute atomic E-state index is 0.338. The molecular weight excluding hydrogens is 168 g/mol. The van der Waals surface area contributed by atoms with Crippen LogP contribution in [0.2, 0.25) is 0 Å². The molecule has 0 heterocycles. The Balaban J connectivity index is 4.06. The molecule has 0 N–H and O–H groups in total. The van der Waals surface area contributed by atoms with E-state index in [0.29, 0.717) is 0 Å². The number of ketones is 1. The predicted molar refractivity (Wildman–Crippen MR) is 37.9 cm³/mol. The van der Waals surface area contributed by atoms with Crippen molar-refractivity contribution in [2.75, 3.05) is 6.54 Å². The lowest BCUT2D eigenvalue weighted by Crippen LogP contribution is -2.29. The first-order valence-corrected chi connectivity index (χ1v) is 3.21. The molecule has 7 nitrogen and oxygen atoms in total. The van der Waals surface area contributed by atoms with E-state index in [2.05, 4.69) is 0 Å². The van der Waals surface area contributed by atoms with Gasteiger partial charge in [0.2, 0.25) is 12.3 Å². The Morgan fingerprint density at radius 2 is 1.92 bits per heavy atom. The molecule has 0 bridgehead atoms. The second-order valence-corrected chi connectivity index (χ2v) is 2.26. The van der Waals surface area contributed by atoms with E-state index in [-0.39, 0.29) is 6.42 Å². The Hall–Kier alpha value is -1.53. The van der Waals surface area contributed by atoms with Crippen molar-refractivity contribution in [2.45, 2.75) is 19.4 Å². The molecule has 0 aromatic carbocycles. The van der Waals surface area contributed by atoms with Gasteiger partial charge in [-0.05, 0) is 0 Å². The number of nitrogens with zero attached hydrogens (tertiary/aromatic N) is 2. The fourth-order valence-corrected chi connectivity index (χ4v) is 0.685. The zero-order valence-electron chi connectivity index (χ0n) is 6.43. The van der Waals surface area contributed by atoms with Crippen LogP contribution in [0, 0.1) is 20.2 Å². The van der Waals surface area contributed by atoms with E-state index < -0.39 is 28.2 Å². The fourth-order valence-electron chi connectivity index (χ4n) is 0.685. The molecule has 0 aliphatic carbocycles. The lowest BCUT2D eigenvalue weighted by Gasteiger charge is -2.01. The first-order valence-electron chi connectivity index (χ1n) is 3.21. The zero-order valence-corrected chi connectivity index (χ0v) is 6.43. The SMILES string of the molecule is CC(=O)C(CC[N+](=O)[O-])[N+](=O)[O-]. The zero-order chi connectivity index (χ0) is 9.72. The van der Waals surface area contributed by atoms with E-state index in [1.54, 1.807) is 0 Å². The van der Waals surface area contributed by atoms with E-state index in [1.165, 1.54) is 0 Å². The summed E-state index contributed by atoms with van der Waals surface area (Å²) in [5.41, 5.74) is 0. The lowest BCUT2D eigenvalue weighted by molar-refractivity contribution is -0.529. The second kappa shape index (κ2) is 4.37. The molecule has 0 saturated carbocycles. The molecule has 0 fully saturated rings. The van der Waals surface area contributed by atoms with Crippen LogP contribution in [0.25, 0.3) is 0 Å². The van der Waals surface area contributed by atoms with E-state index in [0.717, 1.165) is 6.92 Å². The van der Waals surface area contributed by atoms with Gasteiger partial charge in [0, 0.05) is 16.8 Å². The Bertz CT molecular complexity index is 200. The maximum absolute atomic E-state index is 10.5. The van der Waals surface area contributed by atoms with Crippen LogP contribution in [0.4, 0.5) is 0 Å². The highest BCUT2D eigenvalue weighted by molar-refractivity contribution is 5.80. The Labute approximate surface area is 67.7 Å². The molecule has 12 heavy (non-hydrogen) atoms. The van der Waals surface area contributed by atoms with E-state index >= 15 is 0 Å². The fraction of sp³-hybridized carbons (Fsp3) is 0.800. The van der Waals surface area contributed by atoms with Gasteiger partial charge in [-0.1, -0.05) is 0 Å². The smallest absolute Gasteiger partial charge is 0.276 e. The molecule has 1 unspecified atom stereocenters. The number of hydrogen-bond acceptors (Lipinski definition) is 5. The Morgan fingerprint density at radius 1 is 1.42 bits per heavy atom. The van der Waals surface area contributed by atoms with E-state index in [4.69, 9.17) is 0 Å². The van der Waals surface area contributed by atoms with Crippen LogP contribution >= 0.6 is 0 Å². The quantitative estimate of drug-likeness (QED) is 0.429. The van der Waals surface area contributed by atoms with Crippen molar-refractivity contribution < 1.29 is 14.6 Å². The van der Waals surface area contributed by atoms with Gasteiger partial charge in [0.15, 0.2) is 0 Å². The predicted octanol–water partition coefficient (Wildman–Crippen LogP) is -0.112. The van der Waals surface area contributed by atoms with Crippen molar-refractivity contribution in [1.29, 1.82) is 0 Å².